The van der Waals surface area contributed by atoms with E-state index in [2.05, 4.69) is 12.1 Å². The van der Waals surface area contributed by atoms with Gasteiger partial charge >= 0.3 is 5.97 Å². The van der Waals surface area contributed by atoms with Crippen molar-refractivity contribution >= 4 is 29.1 Å². The number of nitrogens with two attached hydrogens (primary N) is 1. The van der Waals surface area contributed by atoms with Crippen LogP contribution in [0, 0.1) is 11.3 Å². The normalized spacial score (nSPS) is 11.9. The van der Waals surface area contributed by atoms with Gasteiger partial charge in [0.1, 0.15) is 11.8 Å². The summed E-state index contributed by atoms with van der Waals surface area (Å²) in [6.45, 7) is 4.00. The second-order valence-corrected chi connectivity index (χ2v) is 9.78. The third-order valence-corrected chi connectivity index (χ3v) is 6.42. The number of carbonyl (C=O) groups is 1. The Hall–Kier alpha value is -3.89. The minimum absolute atomic E-state index is 0. The number of nitriles is 1. The van der Waals surface area contributed by atoms with Crippen LogP contribution >= 0.6 is 12.4 Å². The molecule has 4 N–H and O–H groups in total. The lowest BCUT2D eigenvalue weighted by Gasteiger charge is -2.28. The summed E-state index contributed by atoms with van der Waals surface area (Å²) in [7, 11) is 0. The van der Waals surface area contributed by atoms with E-state index in [-0.39, 0.29) is 18.0 Å². The number of aromatic carboxylic acids is 1. The molecule has 0 saturated carbocycles. The van der Waals surface area contributed by atoms with Gasteiger partial charge in [-0.2, -0.15) is 5.26 Å². The molecule has 0 heterocycles. The molecule has 0 fully saturated rings. The summed E-state index contributed by atoms with van der Waals surface area (Å²) >= 11 is 0. The van der Waals surface area contributed by atoms with Crippen LogP contribution in [0.15, 0.2) is 78.9 Å². The zero-order valence-corrected chi connectivity index (χ0v) is 22.2. The van der Waals surface area contributed by atoms with Gasteiger partial charge in [0.2, 0.25) is 0 Å². The summed E-state index contributed by atoms with van der Waals surface area (Å²) in [6, 6.07) is 26.2. The average Bonchev–Trinajstić information content (AvgIpc) is 2.89. The number of aliphatic hydroxyl groups is 1. The fourth-order valence-electron chi connectivity index (χ4n) is 4.34. The van der Waals surface area contributed by atoms with Gasteiger partial charge in [-0.15, -0.1) is 12.4 Å². The van der Waals surface area contributed by atoms with Crippen LogP contribution in [0.25, 0.3) is 21.9 Å². The topological polar surface area (TPSA) is 117 Å². The quantitative estimate of drug-likeness (QED) is 0.219. The van der Waals surface area contributed by atoms with E-state index in [0.717, 1.165) is 33.0 Å². The molecule has 0 bridgehead atoms. The second kappa shape index (κ2) is 12.1. The maximum Gasteiger partial charge on any atom is 0.335 e. The number of aryl methyl sites for hydroxylation is 1. The minimum atomic E-state index is -0.979. The molecule has 0 aliphatic rings. The smallest absolute Gasteiger partial charge is 0.335 e. The molecule has 4 rings (SSSR count). The lowest BCUT2D eigenvalue weighted by Crippen LogP contribution is -2.39. The molecule has 4 aromatic rings. The molecule has 38 heavy (non-hydrogen) atoms. The Labute approximate surface area is 228 Å². The van der Waals surface area contributed by atoms with Gasteiger partial charge in [0.15, 0.2) is 0 Å². The number of halogens is 1. The van der Waals surface area contributed by atoms with Gasteiger partial charge in [-0.3, -0.25) is 0 Å². The Bertz CT molecular complexity index is 1470. The lowest BCUT2D eigenvalue weighted by atomic mass is 9.86. The Morgan fingerprint density at radius 1 is 1.00 bits per heavy atom. The van der Waals surface area contributed by atoms with Crippen molar-refractivity contribution in [3.63, 3.8) is 0 Å². The standard InChI is InChI=1S/C31H30N2O4.ClH/c1-31(2,33)29(34)27-17-23-7-4-3-6-22(23)16-25(27)8-5-15-37-28-18-24(13-14-26(28)19-32)20-9-11-21(12-10-20)30(35)36;/h3-4,6-7,9-14,16-18,29,34H,5,8,15,33H2,1-2H3,(H,35,36);1H/t29-;/m1./s1. The average molecular weight is 531 g/mol. The van der Waals surface area contributed by atoms with Crippen LogP contribution in [0.2, 0.25) is 0 Å². The van der Waals surface area contributed by atoms with Crippen molar-refractivity contribution in [3.05, 3.63) is 101 Å². The molecule has 0 aliphatic heterocycles. The number of rotatable bonds is 9. The van der Waals surface area contributed by atoms with E-state index in [9.17, 15) is 15.2 Å². The van der Waals surface area contributed by atoms with Gasteiger partial charge in [0.25, 0.3) is 0 Å². The van der Waals surface area contributed by atoms with E-state index in [0.29, 0.717) is 30.8 Å². The lowest BCUT2D eigenvalue weighted by molar-refractivity contribution is 0.0697. The highest BCUT2D eigenvalue weighted by atomic mass is 35.5. The SMILES string of the molecule is CC(C)(N)[C@H](O)c1cc2ccccc2cc1CCCOc1cc(-c2ccc(C(=O)O)cc2)ccc1C#N.Cl. The molecular weight excluding hydrogens is 500 g/mol. The molecule has 0 aromatic heterocycles. The van der Waals surface area contributed by atoms with E-state index in [4.69, 9.17) is 15.6 Å². The molecule has 6 nitrogen and oxygen atoms in total. The van der Waals surface area contributed by atoms with Gasteiger partial charge in [0, 0.05) is 5.54 Å². The van der Waals surface area contributed by atoms with Crippen molar-refractivity contribution in [1.82, 2.24) is 0 Å². The van der Waals surface area contributed by atoms with Crippen molar-refractivity contribution < 1.29 is 19.7 Å². The first kappa shape index (κ1) is 28.7. The highest BCUT2D eigenvalue weighted by Crippen LogP contribution is 2.32. The summed E-state index contributed by atoms with van der Waals surface area (Å²) in [6.07, 6.45) is 0.527. The fraction of sp³-hybridized carbons (Fsp3) is 0.226. The van der Waals surface area contributed by atoms with E-state index in [1.54, 1.807) is 36.4 Å². The van der Waals surface area contributed by atoms with Crippen LogP contribution in [0.3, 0.4) is 0 Å². The number of hydrogen-bond donors (Lipinski definition) is 3. The van der Waals surface area contributed by atoms with Crippen molar-refractivity contribution in [1.29, 1.82) is 5.26 Å². The third-order valence-electron chi connectivity index (χ3n) is 6.42. The van der Waals surface area contributed by atoms with Crippen molar-refractivity contribution in [2.45, 2.75) is 38.3 Å². The molecule has 0 saturated heterocycles. The Morgan fingerprint density at radius 3 is 2.24 bits per heavy atom. The van der Waals surface area contributed by atoms with Crippen molar-refractivity contribution in [2.75, 3.05) is 6.61 Å². The number of carboxylic acids is 1. The van der Waals surface area contributed by atoms with Crippen molar-refractivity contribution in [2.24, 2.45) is 5.73 Å². The number of benzene rings is 4. The predicted octanol–water partition coefficient (Wildman–Crippen LogP) is 6.28. The molecular formula is C31H31ClN2O4. The zero-order chi connectivity index (χ0) is 26.6. The van der Waals surface area contributed by atoms with Crippen LogP contribution in [-0.2, 0) is 6.42 Å². The van der Waals surface area contributed by atoms with Gasteiger partial charge in [-0.1, -0.05) is 48.5 Å². The number of carboxylic acid groups (broad SMARTS) is 1. The number of fused-ring (bicyclic) bond motifs is 1. The monoisotopic (exact) mass is 530 g/mol. The molecule has 0 amide bonds. The summed E-state index contributed by atoms with van der Waals surface area (Å²) in [4.78, 5) is 11.1. The van der Waals surface area contributed by atoms with Gasteiger partial charge in [-0.05, 0) is 90.0 Å². The summed E-state index contributed by atoms with van der Waals surface area (Å²) in [5, 5.41) is 31.8. The Morgan fingerprint density at radius 2 is 1.63 bits per heavy atom. The summed E-state index contributed by atoms with van der Waals surface area (Å²) in [5.41, 5.74) is 9.58. The van der Waals surface area contributed by atoms with E-state index in [1.807, 2.05) is 50.2 Å². The van der Waals surface area contributed by atoms with Crippen molar-refractivity contribution in [3.8, 4) is 22.9 Å². The third kappa shape index (κ3) is 6.51. The van der Waals surface area contributed by atoms with E-state index < -0.39 is 17.6 Å². The minimum Gasteiger partial charge on any atom is -0.492 e. The highest BCUT2D eigenvalue weighted by Gasteiger charge is 2.26. The maximum absolute atomic E-state index is 11.1. The van der Waals surface area contributed by atoms with Crippen LogP contribution < -0.4 is 10.5 Å². The van der Waals surface area contributed by atoms with Crippen LogP contribution in [0.1, 0.15) is 53.4 Å². The summed E-state index contributed by atoms with van der Waals surface area (Å²) in [5.74, 6) is -0.503. The molecule has 0 spiro atoms. The van der Waals surface area contributed by atoms with Crippen LogP contribution in [0.4, 0.5) is 0 Å². The molecule has 0 aliphatic carbocycles. The Kier molecular flexibility index (Phi) is 9.13. The van der Waals surface area contributed by atoms with Gasteiger partial charge < -0.3 is 20.7 Å². The first-order valence-electron chi connectivity index (χ1n) is 12.2. The van der Waals surface area contributed by atoms with Gasteiger partial charge in [-0.25, -0.2) is 4.79 Å². The van der Waals surface area contributed by atoms with Gasteiger partial charge in [0.05, 0.1) is 23.8 Å². The largest absolute Gasteiger partial charge is 0.492 e. The maximum atomic E-state index is 11.1. The fourth-order valence-corrected chi connectivity index (χ4v) is 4.34. The number of nitrogens with zero attached hydrogens (tertiary/aromatic N) is 1. The van der Waals surface area contributed by atoms with E-state index >= 15 is 0 Å². The first-order valence-corrected chi connectivity index (χ1v) is 12.2. The molecule has 0 radical (unpaired) electrons. The molecule has 7 heteroatoms. The van der Waals surface area contributed by atoms with Crippen LogP contribution in [-0.4, -0.2) is 28.3 Å². The highest BCUT2D eigenvalue weighted by molar-refractivity contribution is 5.88. The predicted molar refractivity (Wildman–Crippen MR) is 152 cm³/mol. The summed E-state index contributed by atoms with van der Waals surface area (Å²) < 4.78 is 6.03. The van der Waals surface area contributed by atoms with Crippen LogP contribution in [0.5, 0.6) is 5.75 Å². The molecule has 0 unspecified atom stereocenters. The first-order chi connectivity index (χ1) is 17.7. The number of aliphatic hydroxyl groups excluding tert-OH is 1. The molecule has 196 valence electrons. The second-order valence-electron chi connectivity index (χ2n) is 9.78. The number of ether oxygens (including phenoxy) is 1. The molecule has 4 aromatic carbocycles. The zero-order valence-electron chi connectivity index (χ0n) is 21.3. The van der Waals surface area contributed by atoms with E-state index in [1.165, 1.54) is 0 Å². The molecule has 1 atom stereocenters. The number of hydrogen-bond acceptors (Lipinski definition) is 5. The Balaban J connectivity index is 0.00000400.